The minimum Gasteiger partial charge on any atom is -0.387 e. The molecule has 1 aliphatic heterocycles. The van der Waals surface area contributed by atoms with Gasteiger partial charge >= 0.3 is 15.2 Å². The molecule has 0 bridgehead atoms. The van der Waals surface area contributed by atoms with E-state index in [2.05, 4.69) is 20.3 Å². The lowest BCUT2D eigenvalue weighted by atomic mass is 10.1. The highest BCUT2D eigenvalue weighted by molar-refractivity contribution is 7.70. The summed E-state index contributed by atoms with van der Waals surface area (Å²) in [6.45, 7) is -0.290. The molecule has 0 spiro atoms. The highest BCUT2D eigenvalue weighted by Crippen LogP contribution is 2.55. The van der Waals surface area contributed by atoms with Gasteiger partial charge in [-0.3, -0.25) is 13.7 Å². The predicted molar refractivity (Wildman–Crippen MR) is 123 cm³/mol. The zero-order valence-corrected chi connectivity index (χ0v) is 20.4. The fraction of sp³-hybridized carbons (Fsp3) is 0.389. The fourth-order valence-corrected chi connectivity index (χ4v) is 6.27. The van der Waals surface area contributed by atoms with E-state index in [1.165, 1.54) is 10.9 Å². The van der Waals surface area contributed by atoms with Gasteiger partial charge in [-0.15, -0.1) is 0 Å². The van der Waals surface area contributed by atoms with Gasteiger partial charge in [-0.25, -0.2) is 4.98 Å². The topological polar surface area (TPSA) is 209 Å². The molecule has 190 valence electrons. The Bertz CT molecular complexity index is 1290. The number of nitrogens with zero attached hydrogens (tertiary/aromatic N) is 4. The van der Waals surface area contributed by atoms with Crippen LogP contribution in [-0.4, -0.2) is 75.2 Å². The molecule has 2 aromatic heterocycles. The van der Waals surface area contributed by atoms with Gasteiger partial charge in [-0.05, 0) is 17.2 Å². The normalized spacial score (nSPS) is 24.5. The first-order valence-corrected chi connectivity index (χ1v) is 14.1. The summed E-state index contributed by atoms with van der Waals surface area (Å²) in [7, 11) is -9.51. The Hall–Kier alpha value is -1.96. The van der Waals surface area contributed by atoms with E-state index in [4.69, 9.17) is 30.6 Å². The number of anilines is 1. The van der Waals surface area contributed by atoms with Crippen molar-refractivity contribution in [1.82, 2.24) is 19.5 Å². The maximum Gasteiger partial charge on any atom is 0.340 e. The summed E-state index contributed by atoms with van der Waals surface area (Å²) in [6.07, 6.45) is -4.29. The molecule has 1 saturated heterocycles. The van der Waals surface area contributed by atoms with Gasteiger partial charge in [0.2, 0.25) is 5.28 Å². The first-order chi connectivity index (χ1) is 16.4. The number of fused-ring (bicyclic) bond motifs is 1. The lowest BCUT2D eigenvalue weighted by Gasteiger charge is -2.18. The van der Waals surface area contributed by atoms with Crippen LogP contribution in [0, 0.1) is 0 Å². The van der Waals surface area contributed by atoms with Crippen LogP contribution in [0.4, 0.5) is 5.82 Å². The SMILES string of the molecule is O=P(O)(O)CP(=O)(O)OC[C@H]1O[C@@H](n2cnc3c(NCc4ccccc4)nc(Cl)nc32)C(O)C1O. The summed E-state index contributed by atoms with van der Waals surface area (Å²) >= 11 is 6.09. The van der Waals surface area contributed by atoms with Crippen LogP contribution in [0.5, 0.6) is 0 Å². The number of rotatable bonds is 9. The van der Waals surface area contributed by atoms with Crippen molar-refractivity contribution in [2.45, 2.75) is 31.1 Å². The minimum atomic E-state index is -4.83. The van der Waals surface area contributed by atoms with Crippen molar-refractivity contribution < 1.29 is 43.3 Å². The summed E-state index contributed by atoms with van der Waals surface area (Å²) in [4.78, 5) is 40.0. The number of ether oxygens (including phenoxy) is 1. The Balaban J connectivity index is 1.52. The summed E-state index contributed by atoms with van der Waals surface area (Å²) in [6, 6.07) is 9.51. The Morgan fingerprint density at radius 3 is 2.51 bits per heavy atom. The van der Waals surface area contributed by atoms with E-state index in [0.29, 0.717) is 17.9 Å². The number of hydrogen-bond donors (Lipinski definition) is 6. The Labute approximate surface area is 203 Å². The zero-order chi connectivity index (χ0) is 25.4. The van der Waals surface area contributed by atoms with Gasteiger partial charge in [0.05, 0.1) is 12.9 Å². The number of aliphatic hydroxyl groups is 2. The minimum absolute atomic E-state index is 0.110. The van der Waals surface area contributed by atoms with Crippen molar-refractivity contribution in [1.29, 1.82) is 0 Å². The molecule has 6 N–H and O–H groups in total. The fourth-order valence-electron chi connectivity index (χ4n) is 3.54. The smallest absolute Gasteiger partial charge is 0.340 e. The van der Waals surface area contributed by atoms with Gasteiger partial charge in [0.1, 0.15) is 18.3 Å². The number of hydrogen-bond acceptors (Lipinski definition) is 10. The highest BCUT2D eigenvalue weighted by atomic mass is 35.5. The van der Waals surface area contributed by atoms with Crippen LogP contribution in [0.15, 0.2) is 36.7 Å². The predicted octanol–water partition coefficient (Wildman–Crippen LogP) is 1.05. The molecule has 35 heavy (non-hydrogen) atoms. The second-order valence-corrected chi connectivity index (χ2v) is 12.1. The number of halogens is 1. The summed E-state index contributed by atoms with van der Waals surface area (Å²) in [5.41, 5.74) is 1.49. The Kier molecular flexibility index (Phi) is 7.60. The van der Waals surface area contributed by atoms with E-state index in [9.17, 15) is 24.2 Å². The van der Waals surface area contributed by atoms with E-state index < -0.39 is 52.2 Å². The third-order valence-electron chi connectivity index (χ3n) is 5.11. The van der Waals surface area contributed by atoms with Crippen molar-refractivity contribution in [3.8, 4) is 0 Å². The Morgan fingerprint density at radius 1 is 1.11 bits per heavy atom. The molecule has 1 fully saturated rings. The molecule has 3 aromatic rings. The van der Waals surface area contributed by atoms with Crippen molar-refractivity contribution in [2.24, 2.45) is 0 Å². The van der Waals surface area contributed by atoms with Gasteiger partial charge in [-0.2, -0.15) is 9.97 Å². The number of nitrogens with one attached hydrogen (secondary N) is 1. The zero-order valence-electron chi connectivity index (χ0n) is 17.8. The molecule has 0 saturated carbocycles. The lowest BCUT2D eigenvalue weighted by Crippen LogP contribution is -2.33. The number of benzene rings is 1. The molecular formula is C18H22ClN5O9P2. The first kappa shape index (κ1) is 26.1. The van der Waals surface area contributed by atoms with Crippen LogP contribution < -0.4 is 5.32 Å². The quantitative estimate of drug-likeness (QED) is 0.163. The molecule has 0 aliphatic carbocycles. The maximum atomic E-state index is 11.9. The molecule has 14 nitrogen and oxygen atoms in total. The van der Waals surface area contributed by atoms with Crippen LogP contribution >= 0.6 is 26.8 Å². The van der Waals surface area contributed by atoms with Crippen LogP contribution in [-0.2, 0) is 24.9 Å². The molecule has 4 rings (SSSR count). The molecule has 17 heteroatoms. The molecule has 1 aliphatic rings. The maximum absolute atomic E-state index is 11.9. The summed E-state index contributed by atoms with van der Waals surface area (Å²) in [5.74, 6) is -1.07. The van der Waals surface area contributed by atoms with Crippen LogP contribution in [0.1, 0.15) is 11.8 Å². The molecule has 0 amide bonds. The number of aliphatic hydroxyl groups excluding tert-OH is 2. The third-order valence-corrected chi connectivity index (χ3v) is 8.74. The van der Waals surface area contributed by atoms with Gasteiger partial charge in [-0.1, -0.05) is 30.3 Å². The van der Waals surface area contributed by atoms with Gasteiger partial charge < -0.3 is 39.5 Å². The van der Waals surface area contributed by atoms with Gasteiger partial charge in [0.25, 0.3) is 0 Å². The molecule has 3 unspecified atom stereocenters. The van der Waals surface area contributed by atoms with Crippen molar-refractivity contribution >= 4 is 43.8 Å². The summed E-state index contributed by atoms with van der Waals surface area (Å²) in [5, 5.41) is 23.9. The monoisotopic (exact) mass is 549 g/mol. The van der Waals surface area contributed by atoms with E-state index in [1.54, 1.807) is 0 Å². The summed E-state index contributed by atoms with van der Waals surface area (Å²) < 4.78 is 34.5. The van der Waals surface area contributed by atoms with Crippen LogP contribution in [0.2, 0.25) is 5.28 Å². The molecule has 3 heterocycles. The number of aromatic nitrogens is 4. The average molecular weight is 550 g/mol. The van der Waals surface area contributed by atoms with Crippen molar-refractivity contribution in [3.05, 3.63) is 47.5 Å². The van der Waals surface area contributed by atoms with E-state index in [-0.39, 0.29) is 10.9 Å². The van der Waals surface area contributed by atoms with E-state index >= 15 is 0 Å². The second kappa shape index (κ2) is 10.2. The molecule has 1 aromatic carbocycles. The van der Waals surface area contributed by atoms with E-state index in [0.717, 1.165) is 5.56 Å². The highest BCUT2D eigenvalue weighted by Gasteiger charge is 2.45. The van der Waals surface area contributed by atoms with Crippen molar-refractivity contribution in [3.63, 3.8) is 0 Å². The Morgan fingerprint density at radius 2 is 1.83 bits per heavy atom. The molecular weight excluding hydrogens is 528 g/mol. The number of imidazole rings is 1. The van der Waals surface area contributed by atoms with Gasteiger partial charge in [0, 0.05) is 6.54 Å². The van der Waals surface area contributed by atoms with Crippen LogP contribution in [0.3, 0.4) is 0 Å². The van der Waals surface area contributed by atoms with Crippen molar-refractivity contribution in [2.75, 3.05) is 17.8 Å². The molecule has 5 atom stereocenters. The van der Waals surface area contributed by atoms with Gasteiger partial charge in [0.15, 0.2) is 29.1 Å². The lowest BCUT2D eigenvalue weighted by molar-refractivity contribution is -0.0483. The van der Waals surface area contributed by atoms with E-state index in [1.807, 2.05) is 30.3 Å². The molecule has 0 radical (unpaired) electrons. The average Bonchev–Trinajstić information content (AvgIpc) is 3.31. The largest absolute Gasteiger partial charge is 0.387 e. The third kappa shape index (κ3) is 6.25. The van der Waals surface area contributed by atoms with Crippen LogP contribution in [0.25, 0.3) is 11.2 Å². The second-order valence-electron chi connectivity index (χ2n) is 7.79. The first-order valence-electron chi connectivity index (χ1n) is 10.1. The standard InChI is InChI=1S/C18H22ClN5O9P2/c19-18-22-15(20-6-10-4-2-1-3-5-10)12-16(23-18)24(8-21-12)17-14(26)13(25)11(33-17)7-32-35(30,31)9-34(27,28)29/h1-5,8,11,13-14,17,25-26H,6-7,9H2,(H,30,31)(H,20,22,23)(H2,27,28,29)/t11-,13?,14?,17-/m1/s1.